The molecule has 0 N–H and O–H groups in total. The Morgan fingerprint density at radius 2 is 1.76 bits per heavy atom. The van der Waals surface area contributed by atoms with Gasteiger partial charge in [-0.25, -0.2) is 4.39 Å². The molecule has 2 aromatic rings. The molecule has 0 aliphatic carbocycles. The SMILES string of the molecule is O=C(COc1ccc(F)cc1Cl)N1CCN(c2ccccc2Cl)CC1. The van der Waals surface area contributed by atoms with Gasteiger partial charge in [0.15, 0.2) is 6.61 Å². The van der Waals surface area contributed by atoms with E-state index in [9.17, 15) is 9.18 Å². The minimum Gasteiger partial charge on any atom is -0.482 e. The van der Waals surface area contributed by atoms with E-state index in [0.717, 1.165) is 11.8 Å². The molecule has 1 aliphatic rings. The maximum atomic E-state index is 13.0. The number of benzene rings is 2. The fourth-order valence-electron chi connectivity index (χ4n) is 2.73. The van der Waals surface area contributed by atoms with Crippen LogP contribution >= 0.6 is 23.2 Å². The van der Waals surface area contributed by atoms with Gasteiger partial charge in [0.25, 0.3) is 5.91 Å². The van der Waals surface area contributed by atoms with E-state index >= 15 is 0 Å². The molecule has 0 unspecified atom stereocenters. The molecule has 0 spiro atoms. The lowest BCUT2D eigenvalue weighted by Gasteiger charge is -2.36. The van der Waals surface area contributed by atoms with Gasteiger partial charge in [-0.05, 0) is 30.3 Å². The van der Waals surface area contributed by atoms with Crippen molar-refractivity contribution in [1.29, 1.82) is 0 Å². The number of ether oxygens (including phenoxy) is 1. The van der Waals surface area contributed by atoms with Crippen molar-refractivity contribution < 1.29 is 13.9 Å². The molecule has 25 heavy (non-hydrogen) atoms. The zero-order valence-electron chi connectivity index (χ0n) is 13.4. The molecule has 1 amide bonds. The molecule has 0 aromatic heterocycles. The van der Waals surface area contributed by atoms with Gasteiger partial charge in [-0.2, -0.15) is 0 Å². The van der Waals surface area contributed by atoms with E-state index in [4.69, 9.17) is 27.9 Å². The lowest BCUT2D eigenvalue weighted by atomic mass is 10.2. The first-order valence-corrected chi connectivity index (χ1v) is 8.65. The molecule has 4 nitrogen and oxygen atoms in total. The van der Waals surface area contributed by atoms with Gasteiger partial charge >= 0.3 is 0 Å². The molecule has 0 saturated carbocycles. The number of carbonyl (C=O) groups excluding carboxylic acids is 1. The number of para-hydroxylation sites is 1. The predicted octanol–water partition coefficient (Wildman–Crippen LogP) is 3.86. The second kappa shape index (κ2) is 7.93. The van der Waals surface area contributed by atoms with Crippen molar-refractivity contribution >= 4 is 34.8 Å². The highest BCUT2D eigenvalue weighted by Crippen LogP contribution is 2.27. The van der Waals surface area contributed by atoms with Gasteiger partial charge in [0.2, 0.25) is 0 Å². The second-order valence-corrected chi connectivity index (χ2v) is 6.50. The minimum absolute atomic E-state index is 0.126. The van der Waals surface area contributed by atoms with E-state index in [-0.39, 0.29) is 17.5 Å². The first-order valence-electron chi connectivity index (χ1n) is 7.89. The molecule has 0 radical (unpaired) electrons. The number of hydrogen-bond acceptors (Lipinski definition) is 3. The van der Waals surface area contributed by atoms with Crippen LogP contribution in [0.25, 0.3) is 0 Å². The average molecular weight is 383 g/mol. The Balaban J connectivity index is 1.52. The highest BCUT2D eigenvalue weighted by molar-refractivity contribution is 6.33. The summed E-state index contributed by atoms with van der Waals surface area (Å²) in [6, 6.07) is 11.5. The zero-order valence-corrected chi connectivity index (χ0v) is 14.9. The standard InChI is InChI=1S/C18H17Cl2FN2O2/c19-14-3-1-2-4-16(14)22-7-9-23(10-8-22)18(24)12-25-17-6-5-13(21)11-15(17)20/h1-6,11H,7-10,12H2. The van der Waals surface area contributed by atoms with Crippen molar-refractivity contribution in [3.63, 3.8) is 0 Å². The van der Waals surface area contributed by atoms with Gasteiger partial charge in [-0.1, -0.05) is 35.3 Å². The molecule has 1 saturated heterocycles. The van der Waals surface area contributed by atoms with Crippen LogP contribution in [0.2, 0.25) is 10.0 Å². The minimum atomic E-state index is -0.445. The summed E-state index contributed by atoms with van der Waals surface area (Å²) in [6.45, 7) is 2.45. The Morgan fingerprint density at radius 3 is 2.44 bits per heavy atom. The fourth-order valence-corrected chi connectivity index (χ4v) is 3.21. The summed E-state index contributed by atoms with van der Waals surface area (Å²) in [5.74, 6) is -0.273. The van der Waals surface area contributed by atoms with Crippen LogP contribution in [0.4, 0.5) is 10.1 Å². The van der Waals surface area contributed by atoms with Crippen molar-refractivity contribution in [3.05, 3.63) is 58.3 Å². The molecular weight excluding hydrogens is 366 g/mol. The summed E-state index contributed by atoms with van der Waals surface area (Å²) >= 11 is 12.1. The Hall–Kier alpha value is -1.98. The Kier molecular flexibility index (Phi) is 5.66. The van der Waals surface area contributed by atoms with Crippen LogP contribution in [-0.4, -0.2) is 43.6 Å². The lowest BCUT2D eigenvalue weighted by Crippen LogP contribution is -2.50. The molecule has 1 heterocycles. The van der Waals surface area contributed by atoms with Crippen LogP contribution < -0.4 is 9.64 Å². The Labute approximate surface area is 155 Å². The summed E-state index contributed by atoms with van der Waals surface area (Å²) in [7, 11) is 0. The summed E-state index contributed by atoms with van der Waals surface area (Å²) in [5, 5.41) is 0.855. The first kappa shape index (κ1) is 17.8. The van der Waals surface area contributed by atoms with Crippen molar-refractivity contribution in [2.45, 2.75) is 0 Å². The molecular formula is C18H17Cl2FN2O2. The van der Waals surface area contributed by atoms with Crippen LogP contribution in [0.1, 0.15) is 0 Å². The molecule has 1 fully saturated rings. The topological polar surface area (TPSA) is 32.8 Å². The van der Waals surface area contributed by atoms with Gasteiger partial charge in [0, 0.05) is 26.2 Å². The van der Waals surface area contributed by atoms with E-state index in [1.54, 1.807) is 4.90 Å². The van der Waals surface area contributed by atoms with Crippen molar-refractivity contribution in [2.24, 2.45) is 0 Å². The quantitative estimate of drug-likeness (QED) is 0.804. The molecule has 3 rings (SSSR count). The normalized spacial score (nSPS) is 14.5. The molecule has 7 heteroatoms. The number of amides is 1. The first-order chi connectivity index (χ1) is 12.0. The monoisotopic (exact) mass is 382 g/mol. The van der Waals surface area contributed by atoms with Crippen LogP contribution in [0.5, 0.6) is 5.75 Å². The summed E-state index contributed by atoms with van der Waals surface area (Å²) < 4.78 is 18.4. The second-order valence-electron chi connectivity index (χ2n) is 5.68. The summed E-state index contributed by atoms with van der Waals surface area (Å²) in [5.41, 5.74) is 0.977. The van der Waals surface area contributed by atoms with Crippen LogP contribution in [0.3, 0.4) is 0 Å². The van der Waals surface area contributed by atoms with E-state index in [1.165, 1.54) is 12.1 Å². The average Bonchev–Trinajstić information content (AvgIpc) is 2.61. The number of anilines is 1. The van der Waals surface area contributed by atoms with Gasteiger partial charge in [0.1, 0.15) is 11.6 Å². The molecule has 1 aliphatic heterocycles. The number of halogens is 3. The van der Waals surface area contributed by atoms with Gasteiger partial charge in [-0.15, -0.1) is 0 Å². The maximum absolute atomic E-state index is 13.0. The van der Waals surface area contributed by atoms with Gasteiger partial charge in [-0.3, -0.25) is 4.79 Å². The molecule has 0 bridgehead atoms. The number of rotatable bonds is 4. The number of piperazine rings is 1. The van der Waals surface area contributed by atoms with E-state index < -0.39 is 5.82 Å². The third-order valence-electron chi connectivity index (χ3n) is 4.07. The number of nitrogens with zero attached hydrogens (tertiary/aromatic N) is 2. The van der Waals surface area contributed by atoms with Gasteiger partial charge in [0.05, 0.1) is 15.7 Å². The third kappa shape index (κ3) is 4.35. The third-order valence-corrected chi connectivity index (χ3v) is 4.69. The van der Waals surface area contributed by atoms with Crippen LogP contribution in [0, 0.1) is 5.82 Å². The molecule has 132 valence electrons. The predicted molar refractivity (Wildman–Crippen MR) is 97.2 cm³/mol. The van der Waals surface area contributed by atoms with Crippen molar-refractivity contribution in [1.82, 2.24) is 4.90 Å². The summed E-state index contributed by atoms with van der Waals surface area (Å²) in [6.07, 6.45) is 0. The van der Waals surface area contributed by atoms with Gasteiger partial charge < -0.3 is 14.5 Å². The van der Waals surface area contributed by atoms with Crippen LogP contribution in [0.15, 0.2) is 42.5 Å². The smallest absolute Gasteiger partial charge is 0.260 e. The highest BCUT2D eigenvalue weighted by Gasteiger charge is 2.22. The molecule has 0 atom stereocenters. The van der Waals surface area contributed by atoms with E-state index in [1.807, 2.05) is 24.3 Å². The number of carbonyl (C=O) groups is 1. The largest absolute Gasteiger partial charge is 0.482 e. The van der Waals surface area contributed by atoms with E-state index in [0.29, 0.717) is 37.0 Å². The van der Waals surface area contributed by atoms with Crippen molar-refractivity contribution in [3.8, 4) is 5.75 Å². The maximum Gasteiger partial charge on any atom is 0.260 e. The zero-order chi connectivity index (χ0) is 17.8. The highest BCUT2D eigenvalue weighted by atomic mass is 35.5. The summed E-state index contributed by atoms with van der Waals surface area (Å²) in [4.78, 5) is 16.2. The van der Waals surface area contributed by atoms with Crippen molar-refractivity contribution in [2.75, 3.05) is 37.7 Å². The number of hydrogen-bond donors (Lipinski definition) is 0. The Morgan fingerprint density at radius 1 is 1.04 bits per heavy atom. The van der Waals surface area contributed by atoms with E-state index in [2.05, 4.69) is 4.90 Å². The lowest BCUT2D eigenvalue weighted by molar-refractivity contribution is -0.133. The molecule has 2 aromatic carbocycles. The van der Waals surface area contributed by atoms with Crippen LogP contribution in [-0.2, 0) is 4.79 Å². The Bertz CT molecular complexity index is 764. The fraction of sp³-hybridized carbons (Fsp3) is 0.278.